The van der Waals surface area contributed by atoms with E-state index in [9.17, 15) is 23.7 Å². The molecular weight excluding hydrogens is 262 g/mol. The Labute approximate surface area is 98.0 Å². The van der Waals surface area contributed by atoms with E-state index < -0.39 is 45.7 Å². The van der Waals surface area contributed by atoms with Gasteiger partial charge < -0.3 is 5.11 Å². The number of aliphatic carboxylic acids is 1. The number of rotatable bonds is 4. The molecule has 1 aromatic rings. The van der Waals surface area contributed by atoms with E-state index >= 15 is 0 Å². The van der Waals surface area contributed by atoms with E-state index in [0.717, 1.165) is 0 Å². The van der Waals surface area contributed by atoms with Gasteiger partial charge in [0.15, 0.2) is 0 Å². The van der Waals surface area contributed by atoms with Crippen LogP contribution < -0.4 is 0 Å². The summed E-state index contributed by atoms with van der Waals surface area (Å²) < 4.78 is 25.3. The highest BCUT2D eigenvalue weighted by Crippen LogP contribution is 2.34. The molecule has 1 heterocycles. The summed E-state index contributed by atoms with van der Waals surface area (Å²) in [5, 5.41) is 18.5. The Morgan fingerprint density at radius 1 is 1.65 bits per heavy atom. The Bertz CT molecular complexity index is 481. The predicted molar refractivity (Wildman–Crippen MR) is 52.2 cm³/mol. The van der Waals surface area contributed by atoms with E-state index in [2.05, 4.69) is 4.98 Å². The highest BCUT2D eigenvalue weighted by atomic mass is 35.5. The third-order valence-electron chi connectivity index (χ3n) is 1.90. The minimum atomic E-state index is -3.13. The molecule has 0 saturated carbocycles. The minimum absolute atomic E-state index is 0.627. The van der Waals surface area contributed by atoms with Crippen LogP contribution >= 0.6 is 11.6 Å². The van der Waals surface area contributed by atoms with E-state index in [0.29, 0.717) is 6.20 Å². The van der Waals surface area contributed by atoms with Crippen LogP contribution in [0.4, 0.5) is 14.5 Å². The number of hydrogen-bond donors (Lipinski definition) is 1. The number of aromatic nitrogens is 1. The summed E-state index contributed by atoms with van der Waals surface area (Å²) in [6.45, 7) is 0. The van der Waals surface area contributed by atoms with Crippen LogP contribution in [0.15, 0.2) is 6.20 Å². The Morgan fingerprint density at radius 2 is 2.24 bits per heavy atom. The van der Waals surface area contributed by atoms with Crippen molar-refractivity contribution in [3.8, 4) is 0 Å². The number of pyridine rings is 1. The maximum atomic E-state index is 12.6. The molecule has 1 N–H and O–H groups in total. The third-order valence-corrected chi connectivity index (χ3v) is 2.20. The van der Waals surface area contributed by atoms with E-state index in [1.165, 1.54) is 0 Å². The van der Waals surface area contributed by atoms with Crippen molar-refractivity contribution in [2.24, 2.45) is 0 Å². The Hall–Kier alpha value is -1.83. The minimum Gasteiger partial charge on any atom is -0.481 e. The molecule has 17 heavy (non-hydrogen) atoms. The quantitative estimate of drug-likeness (QED) is 0.512. The number of halogens is 3. The van der Waals surface area contributed by atoms with Gasteiger partial charge in [-0.3, -0.25) is 14.9 Å². The lowest BCUT2D eigenvalue weighted by atomic mass is 10.1. The molecule has 9 heteroatoms. The number of carboxylic acids is 1. The van der Waals surface area contributed by atoms with Crippen LogP contribution in [0.3, 0.4) is 0 Å². The zero-order chi connectivity index (χ0) is 13.2. The fraction of sp³-hybridized carbons (Fsp3) is 0.250. The van der Waals surface area contributed by atoms with Gasteiger partial charge in [0.25, 0.3) is 12.1 Å². The van der Waals surface area contributed by atoms with Crippen LogP contribution in [-0.2, 0) is 11.2 Å². The first-order valence-electron chi connectivity index (χ1n) is 4.16. The zero-order valence-electron chi connectivity index (χ0n) is 8.06. The smallest absolute Gasteiger partial charge is 0.308 e. The van der Waals surface area contributed by atoms with Gasteiger partial charge in [0.05, 0.1) is 22.5 Å². The molecule has 1 aromatic heterocycles. The molecule has 0 aliphatic rings. The first kappa shape index (κ1) is 13.2. The van der Waals surface area contributed by atoms with E-state index in [-0.39, 0.29) is 0 Å². The number of carbonyl (C=O) groups is 1. The van der Waals surface area contributed by atoms with Gasteiger partial charge in [-0.05, 0) is 0 Å². The first-order valence-corrected chi connectivity index (χ1v) is 4.54. The van der Waals surface area contributed by atoms with Gasteiger partial charge in [-0.1, -0.05) is 11.6 Å². The van der Waals surface area contributed by atoms with Crippen molar-refractivity contribution in [2.75, 3.05) is 0 Å². The molecule has 0 bridgehead atoms. The number of alkyl halides is 2. The lowest BCUT2D eigenvalue weighted by Crippen LogP contribution is -2.09. The molecule has 92 valence electrons. The molecule has 0 aromatic carbocycles. The number of carboxylic acid groups (broad SMARTS) is 1. The highest BCUT2D eigenvalue weighted by Gasteiger charge is 2.28. The average Bonchev–Trinajstić information content (AvgIpc) is 2.15. The number of hydrogen-bond acceptors (Lipinski definition) is 4. The summed E-state index contributed by atoms with van der Waals surface area (Å²) in [4.78, 5) is 23.3. The SMILES string of the molecule is O=C(O)Cc1c([N+](=O)[O-])cnc(Cl)c1C(F)F. The van der Waals surface area contributed by atoms with Crippen LogP contribution in [0.2, 0.25) is 5.15 Å². The van der Waals surface area contributed by atoms with E-state index in [1.807, 2.05) is 0 Å². The van der Waals surface area contributed by atoms with E-state index in [1.54, 1.807) is 0 Å². The van der Waals surface area contributed by atoms with Crippen molar-refractivity contribution in [1.29, 1.82) is 0 Å². The maximum Gasteiger partial charge on any atom is 0.308 e. The summed E-state index contributed by atoms with van der Waals surface area (Å²) in [7, 11) is 0. The summed E-state index contributed by atoms with van der Waals surface area (Å²) in [5.41, 5.74) is -2.33. The fourth-order valence-electron chi connectivity index (χ4n) is 1.24. The van der Waals surface area contributed by atoms with Gasteiger partial charge in [-0.15, -0.1) is 0 Å². The largest absolute Gasteiger partial charge is 0.481 e. The molecule has 6 nitrogen and oxygen atoms in total. The molecule has 0 spiro atoms. The fourth-order valence-corrected chi connectivity index (χ4v) is 1.49. The van der Waals surface area contributed by atoms with Gasteiger partial charge in [0.1, 0.15) is 11.3 Å². The van der Waals surface area contributed by atoms with Crippen LogP contribution in [0.25, 0.3) is 0 Å². The zero-order valence-corrected chi connectivity index (χ0v) is 8.82. The van der Waals surface area contributed by atoms with Crippen molar-refractivity contribution in [2.45, 2.75) is 12.8 Å². The van der Waals surface area contributed by atoms with Crippen LogP contribution in [-0.4, -0.2) is 21.0 Å². The van der Waals surface area contributed by atoms with Crippen molar-refractivity contribution in [3.63, 3.8) is 0 Å². The predicted octanol–water partition coefficient (Wildman–Crippen LogP) is 2.21. The summed E-state index contributed by atoms with van der Waals surface area (Å²) in [5.74, 6) is -1.47. The molecule has 0 aliphatic heterocycles. The summed E-state index contributed by atoms with van der Waals surface area (Å²) in [6.07, 6.45) is -3.39. The Kier molecular flexibility index (Phi) is 3.89. The van der Waals surface area contributed by atoms with Gasteiger partial charge >= 0.3 is 5.97 Å². The molecule has 0 atom stereocenters. The van der Waals surface area contributed by atoms with Gasteiger partial charge in [0, 0.05) is 0 Å². The lowest BCUT2D eigenvalue weighted by Gasteiger charge is -2.08. The molecule has 0 unspecified atom stereocenters. The second kappa shape index (κ2) is 5.00. The highest BCUT2D eigenvalue weighted by molar-refractivity contribution is 6.30. The van der Waals surface area contributed by atoms with Gasteiger partial charge in [-0.2, -0.15) is 0 Å². The second-order valence-electron chi connectivity index (χ2n) is 2.95. The van der Waals surface area contributed by atoms with Crippen molar-refractivity contribution in [1.82, 2.24) is 4.98 Å². The van der Waals surface area contributed by atoms with Crippen molar-refractivity contribution < 1.29 is 23.6 Å². The normalized spacial score (nSPS) is 10.6. The van der Waals surface area contributed by atoms with Crippen LogP contribution in [0.1, 0.15) is 17.6 Å². The van der Waals surface area contributed by atoms with Crippen molar-refractivity contribution >= 4 is 23.3 Å². The van der Waals surface area contributed by atoms with Crippen LogP contribution in [0, 0.1) is 10.1 Å². The molecule has 0 fully saturated rings. The number of nitro groups is 1. The molecule has 0 aliphatic carbocycles. The third kappa shape index (κ3) is 2.84. The average molecular weight is 267 g/mol. The van der Waals surface area contributed by atoms with Crippen molar-refractivity contribution in [3.05, 3.63) is 32.6 Å². The Morgan fingerprint density at radius 3 is 2.65 bits per heavy atom. The summed E-state index contributed by atoms with van der Waals surface area (Å²) >= 11 is 5.38. The van der Waals surface area contributed by atoms with E-state index in [4.69, 9.17) is 16.7 Å². The molecule has 0 amide bonds. The monoisotopic (exact) mass is 266 g/mol. The molecule has 1 rings (SSSR count). The molecule has 0 saturated heterocycles. The van der Waals surface area contributed by atoms with Gasteiger partial charge in [0.2, 0.25) is 0 Å². The first-order chi connectivity index (χ1) is 7.84. The summed E-state index contributed by atoms with van der Waals surface area (Å²) in [6, 6.07) is 0. The standard InChI is InChI=1S/C8H5ClF2N2O4/c9-7-6(8(10)11)3(1-5(14)15)4(2-12-7)13(16)17/h2,8H,1H2,(H,14,15). The van der Waals surface area contributed by atoms with Crippen LogP contribution in [0.5, 0.6) is 0 Å². The Balaban J connectivity index is 3.49. The number of nitrogens with zero attached hydrogens (tertiary/aromatic N) is 2. The molecule has 0 radical (unpaired) electrons. The van der Waals surface area contributed by atoms with Gasteiger partial charge in [-0.25, -0.2) is 13.8 Å². The molecular formula is C8H5ClF2N2O4. The lowest BCUT2D eigenvalue weighted by molar-refractivity contribution is -0.386. The second-order valence-corrected chi connectivity index (χ2v) is 3.31. The topological polar surface area (TPSA) is 93.3 Å². The maximum absolute atomic E-state index is 12.6.